The predicted octanol–water partition coefficient (Wildman–Crippen LogP) is 1.54. The largest absolute Gasteiger partial charge is 0.353 e. The first-order chi connectivity index (χ1) is 6.95. The molecule has 1 heterocycles. The summed E-state index contributed by atoms with van der Waals surface area (Å²) in [5.74, 6) is 0.406. The molecule has 0 spiro atoms. The van der Waals surface area contributed by atoms with E-state index in [0.29, 0.717) is 0 Å². The Morgan fingerprint density at radius 3 is 2.60 bits per heavy atom. The molecule has 1 saturated heterocycles. The van der Waals surface area contributed by atoms with Crippen LogP contribution in [-0.4, -0.2) is 25.0 Å². The number of carbonyl (C=O) groups excluding carboxylic acids is 1. The van der Waals surface area contributed by atoms with Crippen LogP contribution in [0.15, 0.2) is 0 Å². The van der Waals surface area contributed by atoms with Gasteiger partial charge in [0.25, 0.3) is 0 Å². The zero-order valence-electron chi connectivity index (χ0n) is 10.4. The minimum absolute atomic E-state index is 0.149. The fourth-order valence-electron chi connectivity index (χ4n) is 2.10. The number of hydrogen-bond acceptors (Lipinski definition) is 2. The first kappa shape index (κ1) is 12.5. The minimum Gasteiger partial charge on any atom is -0.353 e. The molecule has 1 fully saturated rings. The number of carbonyl (C=O) groups is 1. The molecule has 1 rings (SSSR count). The molecule has 2 N–H and O–H groups in total. The summed E-state index contributed by atoms with van der Waals surface area (Å²) < 4.78 is 0. The van der Waals surface area contributed by atoms with Gasteiger partial charge in [0.15, 0.2) is 0 Å². The Kier molecular flexibility index (Phi) is 4.14. The lowest BCUT2D eigenvalue weighted by atomic mass is 9.85. The molecule has 1 unspecified atom stereocenters. The lowest BCUT2D eigenvalue weighted by Gasteiger charge is -2.31. The Bertz CT molecular complexity index is 214. The van der Waals surface area contributed by atoms with E-state index in [4.69, 9.17) is 0 Å². The molecule has 88 valence electrons. The highest BCUT2D eigenvalue weighted by Gasteiger charge is 2.28. The van der Waals surface area contributed by atoms with Crippen LogP contribution in [0.4, 0.5) is 0 Å². The molecule has 0 aliphatic carbocycles. The van der Waals surface area contributed by atoms with Crippen molar-refractivity contribution >= 4 is 5.91 Å². The number of nitrogens with one attached hydrogen (secondary N) is 2. The third-order valence-electron chi connectivity index (χ3n) is 3.20. The Hall–Kier alpha value is -0.570. The molecule has 1 aliphatic heterocycles. The van der Waals surface area contributed by atoms with E-state index in [0.717, 1.165) is 25.9 Å². The monoisotopic (exact) mass is 212 g/mol. The van der Waals surface area contributed by atoms with Crippen LogP contribution >= 0.6 is 0 Å². The fourth-order valence-corrected chi connectivity index (χ4v) is 2.10. The van der Waals surface area contributed by atoms with Crippen LogP contribution in [0.5, 0.6) is 0 Å². The van der Waals surface area contributed by atoms with Gasteiger partial charge in [0.1, 0.15) is 0 Å². The highest BCUT2D eigenvalue weighted by molar-refractivity contribution is 5.79. The molecular weight excluding hydrogens is 188 g/mol. The first-order valence-electron chi connectivity index (χ1n) is 5.96. The highest BCUT2D eigenvalue weighted by atomic mass is 16.2. The number of amides is 1. The first-order valence-corrected chi connectivity index (χ1v) is 5.96. The van der Waals surface area contributed by atoms with Gasteiger partial charge in [0.05, 0.1) is 5.92 Å². The third-order valence-corrected chi connectivity index (χ3v) is 3.20. The molecule has 0 aromatic carbocycles. The van der Waals surface area contributed by atoms with Crippen molar-refractivity contribution < 1.29 is 4.79 Å². The average molecular weight is 212 g/mol. The Balaban J connectivity index is 2.47. The molecule has 0 saturated carbocycles. The molecule has 3 heteroatoms. The van der Waals surface area contributed by atoms with Gasteiger partial charge in [0.2, 0.25) is 5.91 Å². The van der Waals surface area contributed by atoms with E-state index in [1.165, 1.54) is 0 Å². The van der Waals surface area contributed by atoms with Gasteiger partial charge in [-0.2, -0.15) is 0 Å². The summed E-state index contributed by atoms with van der Waals surface area (Å²) in [6, 6.07) is 0.283. The summed E-state index contributed by atoms with van der Waals surface area (Å²) in [6.07, 6.45) is 1.97. The zero-order valence-corrected chi connectivity index (χ0v) is 10.4. The molecule has 0 radical (unpaired) electrons. The predicted molar refractivity (Wildman–Crippen MR) is 62.7 cm³/mol. The second kappa shape index (κ2) is 4.97. The van der Waals surface area contributed by atoms with Crippen LogP contribution in [0.2, 0.25) is 0 Å². The molecule has 0 aromatic heterocycles. The van der Waals surface area contributed by atoms with Crippen molar-refractivity contribution in [3.8, 4) is 0 Å². The zero-order chi connectivity index (χ0) is 11.5. The normalized spacial score (nSPS) is 23.9. The van der Waals surface area contributed by atoms with E-state index >= 15 is 0 Å². The van der Waals surface area contributed by atoms with Crippen LogP contribution in [-0.2, 0) is 4.79 Å². The van der Waals surface area contributed by atoms with Gasteiger partial charge in [-0.15, -0.1) is 0 Å². The summed E-state index contributed by atoms with van der Waals surface area (Å²) in [4.78, 5) is 11.9. The van der Waals surface area contributed by atoms with Crippen molar-refractivity contribution in [1.82, 2.24) is 10.6 Å². The Morgan fingerprint density at radius 1 is 1.53 bits per heavy atom. The van der Waals surface area contributed by atoms with Crippen molar-refractivity contribution in [2.45, 2.75) is 46.6 Å². The Labute approximate surface area is 93.0 Å². The van der Waals surface area contributed by atoms with Crippen molar-refractivity contribution in [2.24, 2.45) is 11.3 Å². The van der Waals surface area contributed by atoms with Crippen LogP contribution in [0.1, 0.15) is 40.5 Å². The summed E-state index contributed by atoms with van der Waals surface area (Å²) in [6.45, 7) is 10.5. The maximum atomic E-state index is 11.9. The van der Waals surface area contributed by atoms with E-state index in [1.807, 2.05) is 0 Å². The fraction of sp³-hybridized carbons (Fsp3) is 0.917. The van der Waals surface area contributed by atoms with Crippen LogP contribution in [0.25, 0.3) is 0 Å². The lowest BCUT2D eigenvalue weighted by Crippen LogP contribution is -2.46. The maximum absolute atomic E-state index is 11.9. The van der Waals surface area contributed by atoms with Gasteiger partial charge in [-0.25, -0.2) is 0 Å². The molecular formula is C12H24N2O. The molecule has 1 amide bonds. The van der Waals surface area contributed by atoms with Crippen LogP contribution in [0, 0.1) is 11.3 Å². The molecule has 2 atom stereocenters. The van der Waals surface area contributed by atoms with Gasteiger partial charge >= 0.3 is 0 Å². The molecule has 0 bridgehead atoms. The van der Waals surface area contributed by atoms with E-state index in [2.05, 4.69) is 38.3 Å². The molecule has 3 nitrogen and oxygen atoms in total. The molecule has 1 aliphatic rings. The summed E-state index contributed by atoms with van der Waals surface area (Å²) in [7, 11) is 0. The minimum atomic E-state index is 0.149. The quantitative estimate of drug-likeness (QED) is 0.745. The van der Waals surface area contributed by atoms with Gasteiger partial charge in [-0.05, 0) is 24.8 Å². The second-order valence-corrected chi connectivity index (χ2v) is 5.53. The van der Waals surface area contributed by atoms with Gasteiger partial charge in [0, 0.05) is 12.6 Å². The van der Waals surface area contributed by atoms with E-state index < -0.39 is 0 Å². The van der Waals surface area contributed by atoms with Crippen molar-refractivity contribution in [3.63, 3.8) is 0 Å². The summed E-state index contributed by atoms with van der Waals surface area (Å²) in [5.41, 5.74) is 0.149. The van der Waals surface area contributed by atoms with Crippen molar-refractivity contribution in [3.05, 3.63) is 0 Å². The number of hydrogen-bond donors (Lipinski definition) is 2. The standard InChI is InChI=1S/C12H24N2O/c1-5-10(12(2,3)4)14-11(15)9-6-7-13-8-9/h9-10,13H,5-8H2,1-4H3,(H,14,15)/t9-,10?/m0/s1. The van der Waals surface area contributed by atoms with Gasteiger partial charge < -0.3 is 10.6 Å². The summed E-state index contributed by atoms with van der Waals surface area (Å²) in [5, 5.41) is 6.39. The van der Waals surface area contributed by atoms with Gasteiger partial charge in [-0.1, -0.05) is 27.7 Å². The Morgan fingerprint density at radius 2 is 2.20 bits per heavy atom. The smallest absolute Gasteiger partial charge is 0.224 e. The molecule has 0 aromatic rings. The SMILES string of the molecule is CCC(NC(=O)[C@H]1CCNC1)C(C)(C)C. The van der Waals surface area contributed by atoms with E-state index in [9.17, 15) is 4.79 Å². The molecule has 15 heavy (non-hydrogen) atoms. The van der Waals surface area contributed by atoms with Crippen molar-refractivity contribution in [1.29, 1.82) is 0 Å². The van der Waals surface area contributed by atoms with Crippen molar-refractivity contribution in [2.75, 3.05) is 13.1 Å². The summed E-state index contributed by atoms with van der Waals surface area (Å²) >= 11 is 0. The van der Waals surface area contributed by atoms with Crippen LogP contribution in [0.3, 0.4) is 0 Å². The van der Waals surface area contributed by atoms with Gasteiger partial charge in [-0.3, -0.25) is 4.79 Å². The highest BCUT2D eigenvalue weighted by Crippen LogP contribution is 2.22. The second-order valence-electron chi connectivity index (χ2n) is 5.53. The maximum Gasteiger partial charge on any atom is 0.224 e. The average Bonchev–Trinajstić information content (AvgIpc) is 2.64. The van der Waals surface area contributed by atoms with E-state index in [1.54, 1.807) is 0 Å². The van der Waals surface area contributed by atoms with Crippen LogP contribution < -0.4 is 10.6 Å². The van der Waals surface area contributed by atoms with E-state index in [-0.39, 0.29) is 23.3 Å². The third kappa shape index (κ3) is 3.49. The topological polar surface area (TPSA) is 41.1 Å². The number of rotatable bonds is 3. The lowest BCUT2D eigenvalue weighted by molar-refractivity contribution is -0.125.